The van der Waals surface area contributed by atoms with E-state index in [2.05, 4.69) is 17.6 Å². The van der Waals surface area contributed by atoms with Gasteiger partial charge in [0, 0.05) is 5.56 Å². The van der Waals surface area contributed by atoms with E-state index in [1.807, 2.05) is 0 Å². The molecule has 0 unspecified atom stereocenters. The molecule has 1 rings (SSSR count). The van der Waals surface area contributed by atoms with Gasteiger partial charge < -0.3 is 15.7 Å². The molecule has 0 aliphatic heterocycles. The number of hydrogen-bond acceptors (Lipinski definition) is 3. The molecule has 0 radical (unpaired) electrons. The fraction of sp³-hybridized carbons (Fsp3) is 0.526. The first-order valence-electron chi connectivity index (χ1n) is 8.90. The summed E-state index contributed by atoms with van der Waals surface area (Å²) in [4.78, 5) is 35.0. The van der Waals surface area contributed by atoms with Crippen LogP contribution in [-0.2, 0) is 9.59 Å². The van der Waals surface area contributed by atoms with Gasteiger partial charge in [-0.2, -0.15) is 0 Å². The van der Waals surface area contributed by atoms with Gasteiger partial charge in [-0.05, 0) is 18.6 Å². The molecule has 0 heterocycles. The molecule has 2 amide bonds. The van der Waals surface area contributed by atoms with E-state index in [1.54, 1.807) is 30.3 Å². The molecule has 0 aliphatic carbocycles. The molecule has 6 heteroatoms. The lowest BCUT2D eigenvalue weighted by atomic mass is 10.1. The fourth-order valence-electron chi connectivity index (χ4n) is 2.48. The summed E-state index contributed by atoms with van der Waals surface area (Å²) >= 11 is 0. The van der Waals surface area contributed by atoms with Gasteiger partial charge >= 0.3 is 5.97 Å². The molecule has 1 atom stereocenters. The molecule has 1 aromatic rings. The second-order valence-electron chi connectivity index (χ2n) is 6.06. The Kier molecular flexibility index (Phi) is 9.97. The van der Waals surface area contributed by atoms with Gasteiger partial charge in [-0.25, -0.2) is 4.79 Å². The second kappa shape index (κ2) is 12.1. The Hall–Kier alpha value is -2.37. The van der Waals surface area contributed by atoms with Crippen molar-refractivity contribution in [1.29, 1.82) is 0 Å². The van der Waals surface area contributed by atoms with Gasteiger partial charge in [0.1, 0.15) is 6.04 Å². The van der Waals surface area contributed by atoms with Crippen molar-refractivity contribution >= 4 is 17.8 Å². The number of rotatable bonds is 12. The molecule has 25 heavy (non-hydrogen) atoms. The second-order valence-corrected chi connectivity index (χ2v) is 6.06. The van der Waals surface area contributed by atoms with Gasteiger partial charge in [-0.15, -0.1) is 0 Å². The Morgan fingerprint density at radius 3 is 2.28 bits per heavy atom. The zero-order valence-corrected chi connectivity index (χ0v) is 14.8. The van der Waals surface area contributed by atoms with E-state index in [0.717, 1.165) is 25.7 Å². The number of carbonyl (C=O) groups is 3. The van der Waals surface area contributed by atoms with Crippen molar-refractivity contribution in [2.24, 2.45) is 0 Å². The predicted octanol–water partition coefficient (Wildman–Crippen LogP) is 2.74. The van der Waals surface area contributed by atoms with E-state index in [-0.39, 0.29) is 12.5 Å². The first-order valence-corrected chi connectivity index (χ1v) is 8.90. The SMILES string of the molecule is CCCCCCCC[C@H](NC(=O)CNC(=O)c1ccccc1)C(=O)O. The molecule has 0 aliphatic rings. The van der Waals surface area contributed by atoms with Crippen LogP contribution in [0.3, 0.4) is 0 Å². The molecular formula is C19H28N2O4. The highest BCUT2D eigenvalue weighted by Gasteiger charge is 2.19. The van der Waals surface area contributed by atoms with Crippen LogP contribution in [0.5, 0.6) is 0 Å². The van der Waals surface area contributed by atoms with Crippen LogP contribution in [-0.4, -0.2) is 35.5 Å². The highest BCUT2D eigenvalue weighted by molar-refractivity contribution is 5.96. The Bertz CT molecular complexity index is 546. The minimum absolute atomic E-state index is 0.242. The van der Waals surface area contributed by atoms with Gasteiger partial charge in [-0.3, -0.25) is 9.59 Å². The van der Waals surface area contributed by atoms with E-state index in [1.165, 1.54) is 12.8 Å². The van der Waals surface area contributed by atoms with Gasteiger partial charge in [-0.1, -0.05) is 63.6 Å². The molecule has 0 spiro atoms. The maximum atomic E-state index is 11.9. The van der Waals surface area contributed by atoms with Crippen molar-refractivity contribution in [3.63, 3.8) is 0 Å². The van der Waals surface area contributed by atoms with E-state index < -0.39 is 17.9 Å². The zero-order valence-electron chi connectivity index (χ0n) is 14.8. The highest BCUT2D eigenvalue weighted by atomic mass is 16.4. The molecule has 0 fully saturated rings. The number of unbranched alkanes of at least 4 members (excludes halogenated alkanes) is 5. The predicted molar refractivity (Wildman–Crippen MR) is 96.3 cm³/mol. The number of nitrogens with one attached hydrogen (secondary N) is 2. The van der Waals surface area contributed by atoms with Crippen LogP contribution in [0.15, 0.2) is 30.3 Å². The summed E-state index contributed by atoms with van der Waals surface area (Å²) in [5.74, 6) is -1.91. The van der Waals surface area contributed by atoms with E-state index in [4.69, 9.17) is 0 Å². The average Bonchev–Trinajstić information content (AvgIpc) is 2.62. The standard InChI is InChI=1S/C19H28N2O4/c1-2-3-4-5-6-10-13-16(19(24)25)21-17(22)14-20-18(23)15-11-8-7-9-12-15/h7-9,11-12,16H,2-6,10,13-14H2,1H3,(H,20,23)(H,21,22)(H,24,25)/t16-/m0/s1. The maximum absolute atomic E-state index is 11.9. The molecule has 6 nitrogen and oxygen atoms in total. The lowest BCUT2D eigenvalue weighted by Gasteiger charge is -2.15. The first kappa shape index (κ1) is 20.7. The molecule has 1 aromatic carbocycles. The Morgan fingerprint density at radius 1 is 1.00 bits per heavy atom. The largest absolute Gasteiger partial charge is 0.480 e. The van der Waals surface area contributed by atoms with Gasteiger partial charge in [0.15, 0.2) is 0 Å². The van der Waals surface area contributed by atoms with Crippen LogP contribution in [0, 0.1) is 0 Å². The smallest absolute Gasteiger partial charge is 0.326 e. The van der Waals surface area contributed by atoms with Gasteiger partial charge in [0.25, 0.3) is 5.91 Å². The van der Waals surface area contributed by atoms with Crippen molar-refractivity contribution in [3.8, 4) is 0 Å². The van der Waals surface area contributed by atoms with E-state index in [9.17, 15) is 19.5 Å². The fourth-order valence-corrected chi connectivity index (χ4v) is 2.48. The molecule has 3 N–H and O–H groups in total. The summed E-state index contributed by atoms with van der Waals surface area (Å²) in [6.07, 6.45) is 6.73. The van der Waals surface area contributed by atoms with Crippen molar-refractivity contribution in [2.75, 3.05) is 6.54 Å². The minimum atomic E-state index is -1.05. The van der Waals surface area contributed by atoms with Crippen LogP contribution in [0.4, 0.5) is 0 Å². The Morgan fingerprint density at radius 2 is 1.64 bits per heavy atom. The molecule has 0 saturated carbocycles. The topological polar surface area (TPSA) is 95.5 Å². The van der Waals surface area contributed by atoms with E-state index >= 15 is 0 Å². The molecule has 0 aromatic heterocycles. The van der Waals surface area contributed by atoms with Gasteiger partial charge in [0.05, 0.1) is 6.54 Å². The summed E-state index contributed by atoms with van der Waals surface area (Å²) < 4.78 is 0. The quantitative estimate of drug-likeness (QED) is 0.506. The molecular weight excluding hydrogens is 320 g/mol. The third-order valence-corrected chi connectivity index (χ3v) is 3.93. The Balaban J connectivity index is 2.30. The summed E-state index contributed by atoms with van der Waals surface area (Å²) in [5.41, 5.74) is 0.456. The number of benzene rings is 1. The number of hydrogen-bond donors (Lipinski definition) is 3. The maximum Gasteiger partial charge on any atom is 0.326 e. The summed E-state index contributed by atoms with van der Waals surface area (Å²) in [6.45, 7) is 1.90. The monoisotopic (exact) mass is 348 g/mol. The van der Waals surface area contributed by atoms with Crippen LogP contribution in [0.2, 0.25) is 0 Å². The Labute approximate surface area is 149 Å². The molecule has 0 bridgehead atoms. The first-order chi connectivity index (χ1) is 12.0. The summed E-state index contributed by atoms with van der Waals surface area (Å²) in [6, 6.07) is 7.64. The van der Waals surface area contributed by atoms with Crippen LogP contribution < -0.4 is 10.6 Å². The van der Waals surface area contributed by atoms with Crippen LogP contribution >= 0.6 is 0 Å². The van der Waals surface area contributed by atoms with Crippen molar-refractivity contribution < 1.29 is 19.5 Å². The lowest BCUT2D eigenvalue weighted by Crippen LogP contribution is -2.45. The van der Waals surface area contributed by atoms with Crippen LogP contribution in [0.1, 0.15) is 62.2 Å². The summed E-state index contributed by atoms with van der Waals surface area (Å²) in [7, 11) is 0. The minimum Gasteiger partial charge on any atom is -0.480 e. The van der Waals surface area contributed by atoms with Crippen molar-refractivity contribution in [1.82, 2.24) is 10.6 Å². The summed E-state index contributed by atoms with van der Waals surface area (Å²) in [5, 5.41) is 14.2. The average molecular weight is 348 g/mol. The number of carboxylic acid groups (broad SMARTS) is 1. The third kappa shape index (κ3) is 8.88. The zero-order chi connectivity index (χ0) is 18.5. The van der Waals surface area contributed by atoms with Crippen molar-refractivity contribution in [2.45, 2.75) is 57.9 Å². The number of carboxylic acids is 1. The van der Waals surface area contributed by atoms with Crippen molar-refractivity contribution in [3.05, 3.63) is 35.9 Å². The highest BCUT2D eigenvalue weighted by Crippen LogP contribution is 2.09. The van der Waals surface area contributed by atoms with Gasteiger partial charge in [0.2, 0.25) is 5.91 Å². The molecule has 0 saturated heterocycles. The van der Waals surface area contributed by atoms with Crippen LogP contribution in [0.25, 0.3) is 0 Å². The molecule has 138 valence electrons. The third-order valence-electron chi connectivity index (χ3n) is 3.93. The lowest BCUT2D eigenvalue weighted by molar-refractivity contribution is -0.141. The normalized spacial score (nSPS) is 11.6. The number of amides is 2. The number of carbonyl (C=O) groups excluding carboxylic acids is 2. The van der Waals surface area contributed by atoms with E-state index in [0.29, 0.717) is 12.0 Å². The number of aliphatic carboxylic acids is 1.